The number of nitrogens with zero attached hydrogens (tertiary/aromatic N) is 2. The number of anilines is 1. The van der Waals surface area contributed by atoms with Gasteiger partial charge in [-0.25, -0.2) is 4.98 Å². The molecule has 0 atom stereocenters. The Morgan fingerprint density at radius 2 is 2.36 bits per heavy atom. The predicted molar refractivity (Wildman–Crippen MR) is 57.0 cm³/mol. The maximum Gasteiger partial charge on any atom is 0.224 e. The number of methoxy groups -OCH3 is 1. The zero-order valence-electron chi connectivity index (χ0n) is 8.38. The summed E-state index contributed by atoms with van der Waals surface area (Å²) in [4.78, 5) is 7.86. The maximum atomic E-state index is 5.67. The van der Waals surface area contributed by atoms with Crippen molar-refractivity contribution in [2.24, 2.45) is 0 Å². The van der Waals surface area contributed by atoms with Crippen molar-refractivity contribution in [2.45, 2.75) is 19.8 Å². The molecule has 5 heteroatoms. The average molecular weight is 216 g/mol. The molecule has 14 heavy (non-hydrogen) atoms. The molecule has 0 aromatic carbocycles. The molecule has 4 nitrogen and oxygen atoms in total. The predicted octanol–water partition coefficient (Wildman–Crippen LogP) is 2.35. The van der Waals surface area contributed by atoms with Crippen LogP contribution in [0.4, 0.5) is 5.82 Å². The van der Waals surface area contributed by atoms with Gasteiger partial charge in [0.1, 0.15) is 0 Å². The molecule has 0 aliphatic heterocycles. The van der Waals surface area contributed by atoms with E-state index in [9.17, 15) is 0 Å². The Hall–Kier alpha value is -1.03. The Kier molecular flexibility index (Phi) is 4.46. The van der Waals surface area contributed by atoms with Crippen LogP contribution in [0.25, 0.3) is 0 Å². The van der Waals surface area contributed by atoms with Crippen molar-refractivity contribution in [1.29, 1.82) is 0 Å². The van der Waals surface area contributed by atoms with Crippen molar-refractivity contribution in [2.75, 3.05) is 19.0 Å². The van der Waals surface area contributed by atoms with E-state index in [1.54, 1.807) is 13.3 Å². The lowest BCUT2D eigenvalue weighted by Crippen LogP contribution is -2.05. The molecule has 0 aliphatic rings. The smallest absolute Gasteiger partial charge is 0.224 e. The Labute approximate surface area is 88.7 Å². The third kappa shape index (κ3) is 3.03. The quantitative estimate of drug-likeness (QED) is 0.605. The highest BCUT2D eigenvalue weighted by molar-refractivity contribution is 6.28. The lowest BCUT2D eigenvalue weighted by Gasteiger charge is -2.08. The summed E-state index contributed by atoms with van der Waals surface area (Å²) >= 11 is 5.67. The van der Waals surface area contributed by atoms with E-state index in [1.807, 2.05) is 0 Å². The summed E-state index contributed by atoms with van der Waals surface area (Å²) in [5.41, 5.74) is 0. The van der Waals surface area contributed by atoms with Crippen molar-refractivity contribution < 1.29 is 4.74 Å². The van der Waals surface area contributed by atoms with Crippen LogP contribution in [0.15, 0.2) is 6.20 Å². The van der Waals surface area contributed by atoms with Crippen LogP contribution >= 0.6 is 11.6 Å². The monoisotopic (exact) mass is 215 g/mol. The number of nitrogens with one attached hydrogen (secondary N) is 1. The van der Waals surface area contributed by atoms with Gasteiger partial charge in [-0.2, -0.15) is 4.98 Å². The van der Waals surface area contributed by atoms with E-state index >= 15 is 0 Å². The summed E-state index contributed by atoms with van der Waals surface area (Å²) in [7, 11) is 1.58. The lowest BCUT2D eigenvalue weighted by atomic mass is 10.3. The van der Waals surface area contributed by atoms with Crippen LogP contribution in [0.5, 0.6) is 5.75 Å². The Balaban J connectivity index is 2.67. The molecule has 1 heterocycles. The summed E-state index contributed by atoms with van der Waals surface area (Å²) in [5.74, 6) is 1.27. The fraction of sp³-hybridized carbons (Fsp3) is 0.556. The van der Waals surface area contributed by atoms with E-state index in [0.29, 0.717) is 11.6 Å². The van der Waals surface area contributed by atoms with Gasteiger partial charge in [0.05, 0.1) is 13.3 Å². The molecule has 0 radical (unpaired) electrons. The van der Waals surface area contributed by atoms with Crippen molar-refractivity contribution in [1.82, 2.24) is 9.97 Å². The lowest BCUT2D eigenvalue weighted by molar-refractivity contribution is 0.412. The van der Waals surface area contributed by atoms with E-state index in [1.165, 1.54) is 0 Å². The van der Waals surface area contributed by atoms with Crippen molar-refractivity contribution in [3.05, 3.63) is 11.5 Å². The molecule has 1 rings (SSSR count). The van der Waals surface area contributed by atoms with Gasteiger partial charge in [-0.1, -0.05) is 13.3 Å². The third-order valence-electron chi connectivity index (χ3n) is 1.77. The Morgan fingerprint density at radius 3 is 3.00 bits per heavy atom. The Bertz CT molecular complexity index is 293. The zero-order chi connectivity index (χ0) is 10.4. The van der Waals surface area contributed by atoms with Gasteiger partial charge in [0.15, 0.2) is 11.6 Å². The van der Waals surface area contributed by atoms with Crippen LogP contribution in [0.1, 0.15) is 19.8 Å². The number of rotatable bonds is 5. The van der Waals surface area contributed by atoms with Crippen LogP contribution in [-0.2, 0) is 0 Å². The van der Waals surface area contributed by atoms with E-state index in [0.717, 1.165) is 19.4 Å². The minimum absolute atomic E-state index is 0.227. The first kappa shape index (κ1) is 11.0. The molecule has 0 saturated heterocycles. The molecule has 78 valence electrons. The Morgan fingerprint density at radius 1 is 1.57 bits per heavy atom. The highest BCUT2D eigenvalue weighted by atomic mass is 35.5. The molecule has 1 N–H and O–H groups in total. The first-order valence-corrected chi connectivity index (χ1v) is 4.96. The average Bonchev–Trinajstić information content (AvgIpc) is 2.19. The first-order valence-electron chi connectivity index (χ1n) is 4.58. The van der Waals surface area contributed by atoms with Gasteiger partial charge in [-0.15, -0.1) is 0 Å². The molecular formula is C9H14ClN3O. The molecule has 0 unspecified atom stereocenters. The van der Waals surface area contributed by atoms with Gasteiger partial charge in [0.2, 0.25) is 5.28 Å². The summed E-state index contributed by atoms with van der Waals surface area (Å²) in [6, 6.07) is 0. The largest absolute Gasteiger partial charge is 0.491 e. The summed E-state index contributed by atoms with van der Waals surface area (Å²) < 4.78 is 5.08. The summed E-state index contributed by atoms with van der Waals surface area (Å²) in [6.45, 7) is 2.99. The fourth-order valence-electron chi connectivity index (χ4n) is 1.01. The molecular weight excluding hydrogens is 202 g/mol. The number of ether oxygens (including phenoxy) is 1. The minimum Gasteiger partial charge on any atom is -0.491 e. The second-order valence-corrected chi connectivity index (χ2v) is 3.17. The molecule has 0 aliphatic carbocycles. The number of halogens is 1. The standard InChI is InChI=1S/C9H14ClN3O/c1-3-4-5-11-8-7(14-2)6-12-9(10)13-8/h6H,3-5H2,1-2H3,(H,11,12,13). The van der Waals surface area contributed by atoms with Gasteiger partial charge in [0.25, 0.3) is 0 Å². The number of hydrogen-bond acceptors (Lipinski definition) is 4. The molecule has 0 saturated carbocycles. The third-order valence-corrected chi connectivity index (χ3v) is 1.95. The highest BCUT2D eigenvalue weighted by Crippen LogP contribution is 2.21. The van der Waals surface area contributed by atoms with Gasteiger partial charge in [0, 0.05) is 6.54 Å². The van der Waals surface area contributed by atoms with Gasteiger partial charge in [-0.3, -0.25) is 0 Å². The van der Waals surface area contributed by atoms with Crippen LogP contribution in [0, 0.1) is 0 Å². The van der Waals surface area contributed by atoms with Gasteiger partial charge in [-0.05, 0) is 18.0 Å². The number of aromatic nitrogens is 2. The molecule has 0 spiro atoms. The van der Waals surface area contributed by atoms with Crippen molar-refractivity contribution in [3.8, 4) is 5.75 Å². The number of unbranched alkanes of at least 4 members (excludes halogenated alkanes) is 1. The van der Waals surface area contributed by atoms with Crippen molar-refractivity contribution in [3.63, 3.8) is 0 Å². The highest BCUT2D eigenvalue weighted by Gasteiger charge is 2.04. The molecule has 0 bridgehead atoms. The molecule has 0 fully saturated rings. The van der Waals surface area contributed by atoms with E-state index < -0.39 is 0 Å². The maximum absolute atomic E-state index is 5.67. The summed E-state index contributed by atoms with van der Waals surface area (Å²) in [5, 5.41) is 3.37. The fourth-order valence-corrected chi connectivity index (χ4v) is 1.14. The molecule has 0 amide bonds. The second-order valence-electron chi connectivity index (χ2n) is 2.84. The van der Waals surface area contributed by atoms with Crippen LogP contribution < -0.4 is 10.1 Å². The van der Waals surface area contributed by atoms with Crippen LogP contribution in [0.2, 0.25) is 5.28 Å². The summed E-state index contributed by atoms with van der Waals surface area (Å²) in [6.07, 6.45) is 3.78. The van der Waals surface area contributed by atoms with Crippen LogP contribution in [-0.4, -0.2) is 23.6 Å². The first-order chi connectivity index (χ1) is 6.77. The normalized spacial score (nSPS) is 9.93. The molecule has 1 aromatic heterocycles. The SMILES string of the molecule is CCCCNc1nc(Cl)ncc1OC. The minimum atomic E-state index is 0.227. The van der Waals surface area contributed by atoms with Gasteiger partial charge < -0.3 is 10.1 Å². The van der Waals surface area contributed by atoms with E-state index in [2.05, 4.69) is 22.2 Å². The van der Waals surface area contributed by atoms with E-state index in [-0.39, 0.29) is 5.28 Å². The van der Waals surface area contributed by atoms with E-state index in [4.69, 9.17) is 16.3 Å². The number of hydrogen-bond donors (Lipinski definition) is 1. The topological polar surface area (TPSA) is 47.0 Å². The zero-order valence-corrected chi connectivity index (χ0v) is 9.14. The van der Waals surface area contributed by atoms with Crippen molar-refractivity contribution >= 4 is 17.4 Å². The van der Waals surface area contributed by atoms with Crippen LogP contribution in [0.3, 0.4) is 0 Å². The van der Waals surface area contributed by atoms with Gasteiger partial charge >= 0.3 is 0 Å². The second kappa shape index (κ2) is 5.65. The molecule has 1 aromatic rings.